The number of imidazole rings is 1. The second-order valence-corrected chi connectivity index (χ2v) is 5.05. The number of hydrogen-bond donors (Lipinski definition) is 2. The molecule has 3 rings (SSSR count). The highest BCUT2D eigenvalue weighted by molar-refractivity contribution is 9.10. The Morgan fingerprint density at radius 2 is 2.25 bits per heavy atom. The summed E-state index contributed by atoms with van der Waals surface area (Å²) in [6, 6.07) is 3.19. The van der Waals surface area contributed by atoms with Crippen molar-refractivity contribution in [2.24, 2.45) is 5.92 Å². The maximum absolute atomic E-state index is 13.3. The van der Waals surface area contributed by atoms with Gasteiger partial charge in [-0.25, -0.2) is 9.37 Å². The third kappa shape index (κ3) is 1.74. The Hall–Kier alpha value is -0.940. The van der Waals surface area contributed by atoms with Crippen molar-refractivity contribution in [1.82, 2.24) is 15.3 Å². The quantitative estimate of drug-likeness (QED) is 0.887. The van der Waals surface area contributed by atoms with E-state index in [9.17, 15) is 4.39 Å². The smallest absolute Gasteiger partial charge is 0.139 e. The van der Waals surface area contributed by atoms with Crippen LogP contribution in [0.1, 0.15) is 5.82 Å². The van der Waals surface area contributed by atoms with Gasteiger partial charge in [-0.05, 0) is 41.0 Å². The zero-order valence-electron chi connectivity index (χ0n) is 8.56. The number of rotatable bonds is 2. The lowest BCUT2D eigenvalue weighted by Gasteiger charge is -2.25. The highest BCUT2D eigenvalue weighted by Crippen LogP contribution is 2.22. The van der Waals surface area contributed by atoms with Gasteiger partial charge in [-0.3, -0.25) is 0 Å². The molecule has 5 heteroatoms. The van der Waals surface area contributed by atoms with E-state index in [0.717, 1.165) is 36.4 Å². The minimum absolute atomic E-state index is 0.256. The normalized spacial score (nSPS) is 16.6. The van der Waals surface area contributed by atoms with Gasteiger partial charge in [0, 0.05) is 12.5 Å². The molecule has 1 aromatic carbocycles. The molecule has 1 fully saturated rings. The first kappa shape index (κ1) is 10.2. The maximum Gasteiger partial charge on any atom is 0.139 e. The van der Waals surface area contributed by atoms with E-state index in [0.29, 0.717) is 10.4 Å². The van der Waals surface area contributed by atoms with Crippen LogP contribution in [0.2, 0.25) is 0 Å². The molecule has 0 atom stereocenters. The molecule has 2 N–H and O–H groups in total. The van der Waals surface area contributed by atoms with Gasteiger partial charge in [0.1, 0.15) is 11.6 Å². The van der Waals surface area contributed by atoms with Crippen LogP contribution >= 0.6 is 15.9 Å². The average molecular weight is 284 g/mol. The van der Waals surface area contributed by atoms with Crippen LogP contribution in [0.3, 0.4) is 0 Å². The van der Waals surface area contributed by atoms with Gasteiger partial charge in [0.15, 0.2) is 0 Å². The number of aromatic amines is 1. The summed E-state index contributed by atoms with van der Waals surface area (Å²) in [7, 11) is 0. The summed E-state index contributed by atoms with van der Waals surface area (Å²) in [5.41, 5.74) is 1.58. The molecule has 3 nitrogen and oxygen atoms in total. The molecule has 0 radical (unpaired) electrons. The fourth-order valence-corrected chi connectivity index (χ4v) is 2.25. The van der Waals surface area contributed by atoms with Crippen molar-refractivity contribution < 1.29 is 4.39 Å². The van der Waals surface area contributed by atoms with Gasteiger partial charge in [0.05, 0.1) is 15.5 Å². The fourth-order valence-electron chi connectivity index (χ4n) is 1.92. The van der Waals surface area contributed by atoms with Gasteiger partial charge in [-0.1, -0.05) is 0 Å². The van der Waals surface area contributed by atoms with Crippen LogP contribution in [-0.2, 0) is 6.42 Å². The van der Waals surface area contributed by atoms with E-state index in [-0.39, 0.29) is 5.82 Å². The van der Waals surface area contributed by atoms with E-state index in [1.165, 1.54) is 6.07 Å². The van der Waals surface area contributed by atoms with Gasteiger partial charge in [-0.2, -0.15) is 0 Å². The third-order valence-corrected chi connectivity index (χ3v) is 3.53. The van der Waals surface area contributed by atoms with Crippen molar-refractivity contribution in [3.8, 4) is 0 Å². The number of aromatic nitrogens is 2. The third-order valence-electron chi connectivity index (χ3n) is 2.92. The Morgan fingerprint density at radius 1 is 1.44 bits per heavy atom. The standard InChI is InChI=1S/C11H11BrFN3/c12-7-2-9-10(3-8(7)13)16-11(15-9)1-6-4-14-5-6/h2-3,6,14H,1,4-5H2,(H,15,16). The maximum atomic E-state index is 13.3. The van der Waals surface area contributed by atoms with E-state index in [4.69, 9.17) is 0 Å². The lowest BCUT2D eigenvalue weighted by atomic mass is 9.99. The van der Waals surface area contributed by atoms with Gasteiger partial charge in [-0.15, -0.1) is 0 Å². The van der Waals surface area contributed by atoms with Crippen LogP contribution < -0.4 is 5.32 Å². The SMILES string of the molecule is Fc1cc2[nH]c(CC3CNC3)nc2cc1Br. The molecule has 0 spiro atoms. The average Bonchev–Trinajstić information content (AvgIpc) is 2.54. The van der Waals surface area contributed by atoms with Crippen molar-refractivity contribution in [3.05, 3.63) is 28.2 Å². The van der Waals surface area contributed by atoms with Crippen LogP contribution in [0.5, 0.6) is 0 Å². The summed E-state index contributed by atoms with van der Waals surface area (Å²) in [6.07, 6.45) is 0.931. The number of hydrogen-bond acceptors (Lipinski definition) is 2. The molecule has 1 aliphatic rings. The van der Waals surface area contributed by atoms with E-state index in [1.807, 2.05) is 0 Å². The topological polar surface area (TPSA) is 40.7 Å². The van der Waals surface area contributed by atoms with E-state index >= 15 is 0 Å². The van der Waals surface area contributed by atoms with Crippen LogP contribution in [0.15, 0.2) is 16.6 Å². The zero-order valence-corrected chi connectivity index (χ0v) is 10.1. The molecule has 1 saturated heterocycles. The van der Waals surface area contributed by atoms with Crippen LogP contribution in [-0.4, -0.2) is 23.1 Å². The molecule has 0 amide bonds. The highest BCUT2D eigenvalue weighted by atomic mass is 79.9. The van der Waals surface area contributed by atoms with Crippen LogP contribution in [0.25, 0.3) is 11.0 Å². The molecular weight excluding hydrogens is 273 g/mol. The van der Waals surface area contributed by atoms with Gasteiger partial charge in [0.2, 0.25) is 0 Å². The molecule has 1 aliphatic heterocycles. The number of H-pyrrole nitrogens is 1. The minimum Gasteiger partial charge on any atom is -0.342 e. The summed E-state index contributed by atoms with van der Waals surface area (Å²) < 4.78 is 13.8. The number of halogens is 2. The fraction of sp³-hybridized carbons (Fsp3) is 0.364. The Bertz CT molecular complexity index is 494. The molecular formula is C11H11BrFN3. The summed E-state index contributed by atoms with van der Waals surface area (Å²) in [4.78, 5) is 7.62. The lowest BCUT2D eigenvalue weighted by molar-refractivity contribution is 0.342. The van der Waals surface area contributed by atoms with Crippen LogP contribution in [0.4, 0.5) is 4.39 Å². The van der Waals surface area contributed by atoms with Crippen molar-refractivity contribution in [3.63, 3.8) is 0 Å². The zero-order chi connectivity index (χ0) is 11.1. The first-order valence-corrected chi connectivity index (χ1v) is 6.06. The Kier molecular flexibility index (Phi) is 2.44. The summed E-state index contributed by atoms with van der Waals surface area (Å²) in [5, 5.41) is 3.22. The molecule has 0 unspecified atom stereocenters. The number of nitrogens with zero attached hydrogens (tertiary/aromatic N) is 1. The summed E-state index contributed by atoms with van der Waals surface area (Å²) in [6.45, 7) is 2.10. The second kappa shape index (κ2) is 3.82. The Balaban J connectivity index is 1.95. The Morgan fingerprint density at radius 3 is 2.94 bits per heavy atom. The van der Waals surface area contributed by atoms with Crippen LogP contribution in [0, 0.1) is 11.7 Å². The summed E-state index contributed by atoms with van der Waals surface area (Å²) >= 11 is 3.16. The monoisotopic (exact) mass is 283 g/mol. The van der Waals surface area contributed by atoms with Gasteiger partial charge >= 0.3 is 0 Å². The number of nitrogens with one attached hydrogen (secondary N) is 2. The van der Waals surface area contributed by atoms with Crippen molar-refractivity contribution >= 4 is 27.0 Å². The minimum atomic E-state index is -0.256. The van der Waals surface area contributed by atoms with Crippen molar-refractivity contribution in [2.75, 3.05) is 13.1 Å². The molecule has 2 heterocycles. The van der Waals surface area contributed by atoms with Crippen molar-refractivity contribution in [2.45, 2.75) is 6.42 Å². The lowest BCUT2D eigenvalue weighted by Crippen LogP contribution is -2.43. The first-order valence-electron chi connectivity index (χ1n) is 5.27. The molecule has 84 valence electrons. The predicted molar refractivity (Wildman–Crippen MR) is 63.8 cm³/mol. The van der Waals surface area contributed by atoms with E-state index < -0.39 is 0 Å². The van der Waals surface area contributed by atoms with Gasteiger partial charge < -0.3 is 10.3 Å². The first-order chi connectivity index (χ1) is 7.72. The second-order valence-electron chi connectivity index (χ2n) is 4.20. The molecule has 1 aromatic heterocycles. The van der Waals surface area contributed by atoms with Crippen molar-refractivity contribution in [1.29, 1.82) is 0 Å². The molecule has 16 heavy (non-hydrogen) atoms. The Labute approximate surface area is 101 Å². The van der Waals surface area contributed by atoms with E-state index in [1.54, 1.807) is 6.07 Å². The molecule has 0 aliphatic carbocycles. The highest BCUT2D eigenvalue weighted by Gasteiger charge is 2.18. The predicted octanol–water partition coefficient (Wildman–Crippen LogP) is 2.23. The van der Waals surface area contributed by atoms with Gasteiger partial charge in [0.25, 0.3) is 0 Å². The number of benzene rings is 1. The molecule has 0 bridgehead atoms. The van der Waals surface area contributed by atoms with E-state index in [2.05, 4.69) is 31.2 Å². The largest absolute Gasteiger partial charge is 0.342 e. The molecule has 0 saturated carbocycles. The molecule has 2 aromatic rings. The summed E-state index contributed by atoms with van der Waals surface area (Å²) in [5.74, 6) is 1.35. The number of fused-ring (bicyclic) bond motifs is 1.